The molecule has 0 aromatic heterocycles. The third-order valence-corrected chi connectivity index (χ3v) is 5.75. The molecule has 0 amide bonds. The molecule has 1 aliphatic heterocycles. The Morgan fingerprint density at radius 2 is 1.45 bits per heavy atom. The highest BCUT2D eigenvalue weighted by atomic mass is 16.7. The van der Waals surface area contributed by atoms with E-state index in [1.807, 2.05) is 13.8 Å². The Bertz CT molecular complexity index is 614. The first-order valence-corrected chi connectivity index (χ1v) is 13.1. The first-order valence-electron chi connectivity index (χ1n) is 13.1. The fourth-order valence-electron chi connectivity index (χ4n) is 3.78. The van der Waals surface area contributed by atoms with Crippen molar-refractivity contribution < 1.29 is 18.9 Å². The summed E-state index contributed by atoms with van der Waals surface area (Å²) in [5.74, 6) is 0. The molecular formula is C29H50O4. The molecule has 1 saturated heterocycles. The van der Waals surface area contributed by atoms with Gasteiger partial charge in [-0.25, -0.2) is 0 Å². The summed E-state index contributed by atoms with van der Waals surface area (Å²) in [6.45, 7) is 15.5. The van der Waals surface area contributed by atoms with Crippen molar-refractivity contribution in [3.05, 3.63) is 46.6 Å². The molecule has 0 saturated carbocycles. The van der Waals surface area contributed by atoms with Crippen molar-refractivity contribution >= 4 is 0 Å². The summed E-state index contributed by atoms with van der Waals surface area (Å²) in [7, 11) is 0. The van der Waals surface area contributed by atoms with Crippen molar-refractivity contribution in [2.24, 2.45) is 0 Å². The standard InChI is InChI=1S/C29H50O4/c1-7-30-29(31-8-2)27(18-12-16-25(5)15-11-14-24(3)4)19-13-17-26(6)21-23-33-28-20-9-10-22-32-28/h14,16,19,21,28-29H,7-13,15,17-18,20,22-23H2,1-6H3/b25-16+,26-21+,27-19-. The Morgan fingerprint density at radius 3 is 2.06 bits per heavy atom. The van der Waals surface area contributed by atoms with Gasteiger partial charge < -0.3 is 18.9 Å². The minimum absolute atomic E-state index is 0.0222. The van der Waals surface area contributed by atoms with Crippen LogP contribution >= 0.6 is 0 Å². The van der Waals surface area contributed by atoms with E-state index in [1.165, 1.54) is 28.7 Å². The van der Waals surface area contributed by atoms with E-state index in [4.69, 9.17) is 18.9 Å². The van der Waals surface area contributed by atoms with E-state index in [9.17, 15) is 0 Å². The number of hydrogen-bond donors (Lipinski definition) is 0. The van der Waals surface area contributed by atoms with Crippen LogP contribution in [0.3, 0.4) is 0 Å². The maximum Gasteiger partial charge on any atom is 0.179 e. The van der Waals surface area contributed by atoms with Crippen LogP contribution in [0.25, 0.3) is 0 Å². The van der Waals surface area contributed by atoms with E-state index in [0.29, 0.717) is 19.8 Å². The van der Waals surface area contributed by atoms with Crippen LogP contribution in [0.5, 0.6) is 0 Å². The molecule has 1 rings (SSSR count). The second kappa shape index (κ2) is 19.1. The minimum Gasteiger partial charge on any atom is -0.353 e. The number of hydrogen-bond acceptors (Lipinski definition) is 4. The fourth-order valence-corrected chi connectivity index (χ4v) is 3.78. The zero-order valence-electron chi connectivity index (χ0n) is 22.3. The molecule has 1 heterocycles. The third-order valence-electron chi connectivity index (χ3n) is 5.75. The van der Waals surface area contributed by atoms with Crippen molar-refractivity contribution in [2.75, 3.05) is 26.4 Å². The molecule has 0 aromatic rings. The Morgan fingerprint density at radius 1 is 0.818 bits per heavy atom. The first kappa shape index (κ1) is 29.8. The van der Waals surface area contributed by atoms with Gasteiger partial charge in [0.1, 0.15) is 0 Å². The number of rotatable bonds is 17. The van der Waals surface area contributed by atoms with Gasteiger partial charge >= 0.3 is 0 Å². The number of ether oxygens (including phenoxy) is 4. The summed E-state index contributed by atoms with van der Waals surface area (Å²) in [4.78, 5) is 0. The van der Waals surface area contributed by atoms with E-state index in [1.54, 1.807) is 0 Å². The molecule has 0 spiro atoms. The molecule has 1 unspecified atom stereocenters. The molecule has 1 fully saturated rings. The predicted octanol–water partition coefficient (Wildman–Crippen LogP) is 8.05. The lowest BCUT2D eigenvalue weighted by Gasteiger charge is -2.22. The minimum atomic E-state index is -0.240. The first-order chi connectivity index (χ1) is 16.0. The van der Waals surface area contributed by atoms with E-state index < -0.39 is 0 Å². The average molecular weight is 463 g/mol. The van der Waals surface area contributed by atoms with Crippen LogP contribution in [0.15, 0.2) is 46.6 Å². The largest absolute Gasteiger partial charge is 0.353 e. The predicted molar refractivity (Wildman–Crippen MR) is 139 cm³/mol. The molecule has 0 N–H and O–H groups in total. The SMILES string of the molecule is CCOC(OCC)/C(=C\CC/C(C)=C/COC1CCCCO1)CC/C=C(\C)CCC=C(C)C. The zero-order chi connectivity index (χ0) is 24.3. The maximum atomic E-state index is 5.92. The third kappa shape index (κ3) is 15.3. The van der Waals surface area contributed by atoms with Gasteiger partial charge in [0.2, 0.25) is 0 Å². The van der Waals surface area contributed by atoms with Gasteiger partial charge in [0.15, 0.2) is 12.6 Å². The van der Waals surface area contributed by atoms with Gasteiger partial charge in [-0.15, -0.1) is 0 Å². The summed E-state index contributed by atoms with van der Waals surface area (Å²) in [6.07, 6.45) is 18.5. The van der Waals surface area contributed by atoms with Gasteiger partial charge in [0.05, 0.1) is 6.61 Å². The van der Waals surface area contributed by atoms with E-state index in [-0.39, 0.29) is 12.6 Å². The lowest BCUT2D eigenvalue weighted by Crippen LogP contribution is -2.22. The van der Waals surface area contributed by atoms with Crippen molar-refractivity contribution in [2.45, 2.75) is 112 Å². The monoisotopic (exact) mass is 462 g/mol. The summed E-state index contributed by atoms with van der Waals surface area (Å²) in [5, 5.41) is 0. The van der Waals surface area contributed by atoms with Gasteiger partial charge in [-0.1, -0.05) is 41.0 Å². The number of allylic oxidation sites excluding steroid dienone is 6. The smallest absolute Gasteiger partial charge is 0.179 e. The lowest BCUT2D eigenvalue weighted by atomic mass is 10.0. The molecule has 33 heavy (non-hydrogen) atoms. The van der Waals surface area contributed by atoms with Crippen LogP contribution < -0.4 is 0 Å². The second-order valence-electron chi connectivity index (χ2n) is 9.15. The van der Waals surface area contributed by atoms with Crippen LogP contribution in [0, 0.1) is 0 Å². The molecule has 0 bridgehead atoms. The zero-order valence-corrected chi connectivity index (χ0v) is 22.3. The van der Waals surface area contributed by atoms with Crippen molar-refractivity contribution in [3.63, 3.8) is 0 Å². The highest BCUT2D eigenvalue weighted by Gasteiger charge is 2.14. The van der Waals surface area contributed by atoms with Crippen LogP contribution in [0.4, 0.5) is 0 Å². The van der Waals surface area contributed by atoms with Crippen LogP contribution in [0.2, 0.25) is 0 Å². The molecular weight excluding hydrogens is 412 g/mol. The highest BCUT2D eigenvalue weighted by molar-refractivity contribution is 5.11. The molecule has 0 aliphatic carbocycles. The molecule has 0 radical (unpaired) electrons. The van der Waals surface area contributed by atoms with Crippen molar-refractivity contribution in [1.82, 2.24) is 0 Å². The highest BCUT2D eigenvalue weighted by Crippen LogP contribution is 2.20. The van der Waals surface area contributed by atoms with Crippen LogP contribution in [-0.2, 0) is 18.9 Å². The Kier molecular flexibility index (Phi) is 17.3. The molecule has 1 aliphatic rings. The summed E-state index contributed by atoms with van der Waals surface area (Å²) in [6, 6.07) is 0. The van der Waals surface area contributed by atoms with Crippen molar-refractivity contribution in [1.29, 1.82) is 0 Å². The topological polar surface area (TPSA) is 36.9 Å². The van der Waals surface area contributed by atoms with Crippen LogP contribution in [0.1, 0.15) is 99.3 Å². The van der Waals surface area contributed by atoms with Gasteiger partial charge in [-0.05, 0) is 105 Å². The van der Waals surface area contributed by atoms with Crippen molar-refractivity contribution in [3.8, 4) is 0 Å². The van der Waals surface area contributed by atoms with E-state index >= 15 is 0 Å². The molecule has 4 heteroatoms. The normalized spacial score (nSPS) is 18.2. The van der Waals surface area contributed by atoms with E-state index in [2.05, 4.69) is 52.0 Å². The summed E-state index contributed by atoms with van der Waals surface area (Å²) >= 11 is 0. The summed E-state index contributed by atoms with van der Waals surface area (Å²) in [5.41, 5.74) is 5.45. The van der Waals surface area contributed by atoms with Gasteiger partial charge in [-0.2, -0.15) is 0 Å². The van der Waals surface area contributed by atoms with Gasteiger partial charge in [0.25, 0.3) is 0 Å². The average Bonchev–Trinajstić information content (AvgIpc) is 2.78. The Hall–Kier alpha value is -1.20. The molecule has 1 atom stereocenters. The second-order valence-corrected chi connectivity index (χ2v) is 9.15. The molecule has 190 valence electrons. The fraction of sp³-hybridized carbons (Fsp3) is 0.724. The van der Waals surface area contributed by atoms with Crippen LogP contribution in [-0.4, -0.2) is 39.0 Å². The van der Waals surface area contributed by atoms with E-state index in [0.717, 1.165) is 58.0 Å². The Balaban J connectivity index is 2.58. The Labute approximate surface area is 204 Å². The van der Waals surface area contributed by atoms with Gasteiger partial charge in [-0.3, -0.25) is 0 Å². The maximum absolute atomic E-state index is 5.92. The van der Waals surface area contributed by atoms with Gasteiger partial charge in [0, 0.05) is 19.8 Å². The molecule has 0 aromatic carbocycles. The quantitative estimate of drug-likeness (QED) is 0.162. The lowest BCUT2D eigenvalue weighted by molar-refractivity contribution is -0.155. The molecule has 4 nitrogen and oxygen atoms in total. The summed E-state index contributed by atoms with van der Waals surface area (Å²) < 4.78 is 23.3.